The summed E-state index contributed by atoms with van der Waals surface area (Å²) in [5.41, 5.74) is 1.93. The maximum atomic E-state index is 8.99. The van der Waals surface area contributed by atoms with Gasteiger partial charge in [-0.1, -0.05) is 28.1 Å². The van der Waals surface area contributed by atoms with Crippen LogP contribution in [0.15, 0.2) is 22.7 Å². The Hall–Kier alpha value is -0.420. The molecule has 0 bridgehead atoms. The fourth-order valence-electron chi connectivity index (χ4n) is 1.16. The third kappa shape index (κ3) is 4.30. The van der Waals surface area contributed by atoms with E-state index in [1.54, 1.807) is 7.11 Å². The van der Waals surface area contributed by atoms with Gasteiger partial charge >= 0.3 is 0 Å². The molecule has 1 N–H and O–H groups in total. The Kier molecular flexibility index (Phi) is 5.86. The van der Waals surface area contributed by atoms with Crippen LogP contribution in [0.5, 0.6) is 0 Å². The first-order chi connectivity index (χ1) is 7.27. The average molecular weight is 275 g/mol. The zero-order valence-corrected chi connectivity index (χ0v) is 10.3. The molecule has 4 heteroatoms. The standard InChI is InChI=1S/C11H15BrO3/c1-14-4-5-15-8-10-6-9(7-13)2-3-11(10)12/h2-3,6,13H,4-5,7-8H2,1H3. The van der Waals surface area contributed by atoms with Crippen molar-refractivity contribution in [2.45, 2.75) is 13.2 Å². The lowest BCUT2D eigenvalue weighted by Gasteiger charge is -2.07. The molecule has 0 aromatic heterocycles. The van der Waals surface area contributed by atoms with Gasteiger partial charge in [0.15, 0.2) is 0 Å². The second-order valence-corrected chi connectivity index (χ2v) is 3.98. The summed E-state index contributed by atoms with van der Waals surface area (Å²) < 4.78 is 11.3. The molecule has 0 atom stereocenters. The number of aliphatic hydroxyl groups is 1. The van der Waals surface area contributed by atoms with E-state index >= 15 is 0 Å². The second-order valence-electron chi connectivity index (χ2n) is 3.13. The maximum Gasteiger partial charge on any atom is 0.0729 e. The van der Waals surface area contributed by atoms with Crippen molar-refractivity contribution in [3.05, 3.63) is 33.8 Å². The zero-order valence-electron chi connectivity index (χ0n) is 8.70. The third-order valence-electron chi connectivity index (χ3n) is 1.98. The van der Waals surface area contributed by atoms with Gasteiger partial charge in [0, 0.05) is 11.6 Å². The van der Waals surface area contributed by atoms with Crippen molar-refractivity contribution >= 4 is 15.9 Å². The van der Waals surface area contributed by atoms with Gasteiger partial charge in [0.25, 0.3) is 0 Å². The first kappa shape index (κ1) is 12.6. The SMILES string of the molecule is COCCOCc1cc(CO)ccc1Br. The average Bonchev–Trinajstić information content (AvgIpc) is 2.26. The summed E-state index contributed by atoms with van der Waals surface area (Å²) in [6.07, 6.45) is 0. The van der Waals surface area contributed by atoms with E-state index in [1.165, 1.54) is 0 Å². The summed E-state index contributed by atoms with van der Waals surface area (Å²) in [5, 5.41) is 8.99. The van der Waals surface area contributed by atoms with Crippen LogP contribution in [0, 0.1) is 0 Å². The van der Waals surface area contributed by atoms with E-state index in [0.29, 0.717) is 19.8 Å². The quantitative estimate of drug-likeness (QED) is 0.808. The van der Waals surface area contributed by atoms with Gasteiger partial charge in [-0.15, -0.1) is 0 Å². The van der Waals surface area contributed by atoms with Crippen LogP contribution in [0.2, 0.25) is 0 Å². The summed E-state index contributed by atoms with van der Waals surface area (Å²) >= 11 is 3.44. The fourth-order valence-corrected chi connectivity index (χ4v) is 1.52. The lowest BCUT2D eigenvalue weighted by atomic mass is 10.1. The Balaban J connectivity index is 2.51. The smallest absolute Gasteiger partial charge is 0.0729 e. The zero-order chi connectivity index (χ0) is 11.1. The highest BCUT2D eigenvalue weighted by molar-refractivity contribution is 9.10. The molecule has 1 aromatic rings. The molecule has 0 saturated carbocycles. The Morgan fingerprint density at radius 2 is 2.13 bits per heavy atom. The Bertz CT molecular complexity index is 302. The van der Waals surface area contributed by atoms with Crippen molar-refractivity contribution in [1.29, 1.82) is 0 Å². The number of aliphatic hydroxyl groups excluding tert-OH is 1. The predicted molar refractivity (Wildman–Crippen MR) is 61.6 cm³/mol. The molecular formula is C11H15BrO3. The predicted octanol–water partition coefficient (Wildman–Crippen LogP) is 2.10. The van der Waals surface area contributed by atoms with Gasteiger partial charge in [-0.2, -0.15) is 0 Å². The van der Waals surface area contributed by atoms with E-state index in [4.69, 9.17) is 14.6 Å². The summed E-state index contributed by atoms with van der Waals surface area (Å²) in [6.45, 7) is 1.75. The maximum absolute atomic E-state index is 8.99. The molecule has 0 radical (unpaired) electrons. The van der Waals surface area contributed by atoms with Gasteiger partial charge in [0.1, 0.15) is 0 Å². The van der Waals surface area contributed by atoms with Crippen molar-refractivity contribution < 1.29 is 14.6 Å². The monoisotopic (exact) mass is 274 g/mol. The number of rotatable bonds is 6. The molecule has 1 rings (SSSR count). The topological polar surface area (TPSA) is 38.7 Å². The molecular weight excluding hydrogens is 260 g/mol. The normalized spacial score (nSPS) is 10.6. The molecule has 15 heavy (non-hydrogen) atoms. The van der Waals surface area contributed by atoms with E-state index in [0.717, 1.165) is 15.6 Å². The highest BCUT2D eigenvalue weighted by Gasteiger charge is 2.01. The lowest BCUT2D eigenvalue weighted by molar-refractivity contribution is 0.0614. The summed E-state index contributed by atoms with van der Waals surface area (Å²) in [6, 6.07) is 5.72. The molecule has 0 fully saturated rings. The van der Waals surface area contributed by atoms with Crippen LogP contribution in [0.1, 0.15) is 11.1 Å². The molecule has 0 heterocycles. The third-order valence-corrected chi connectivity index (χ3v) is 2.76. The largest absolute Gasteiger partial charge is 0.392 e. The fraction of sp³-hybridized carbons (Fsp3) is 0.455. The van der Waals surface area contributed by atoms with Crippen molar-refractivity contribution in [3.8, 4) is 0 Å². The second kappa shape index (κ2) is 6.95. The summed E-state index contributed by atoms with van der Waals surface area (Å²) in [7, 11) is 1.64. The number of ether oxygens (including phenoxy) is 2. The molecule has 0 aliphatic heterocycles. The van der Waals surface area contributed by atoms with Gasteiger partial charge in [-0.05, 0) is 17.2 Å². The number of methoxy groups -OCH3 is 1. The van der Waals surface area contributed by atoms with E-state index in [9.17, 15) is 0 Å². The minimum atomic E-state index is 0.0539. The van der Waals surface area contributed by atoms with E-state index in [1.807, 2.05) is 18.2 Å². The molecule has 3 nitrogen and oxygen atoms in total. The molecule has 0 saturated heterocycles. The molecule has 1 aromatic carbocycles. The van der Waals surface area contributed by atoms with E-state index < -0.39 is 0 Å². The highest BCUT2D eigenvalue weighted by Crippen LogP contribution is 2.19. The Morgan fingerprint density at radius 3 is 2.80 bits per heavy atom. The van der Waals surface area contributed by atoms with Crippen LogP contribution in [-0.4, -0.2) is 25.4 Å². The van der Waals surface area contributed by atoms with Gasteiger partial charge in [0.05, 0.1) is 26.4 Å². The van der Waals surface area contributed by atoms with Crippen LogP contribution >= 0.6 is 15.9 Å². The first-order valence-corrected chi connectivity index (χ1v) is 5.52. The molecule has 0 amide bonds. The van der Waals surface area contributed by atoms with Crippen molar-refractivity contribution in [2.75, 3.05) is 20.3 Å². The van der Waals surface area contributed by atoms with Crippen LogP contribution in [0.25, 0.3) is 0 Å². The molecule has 0 aliphatic rings. The van der Waals surface area contributed by atoms with E-state index in [-0.39, 0.29) is 6.61 Å². The van der Waals surface area contributed by atoms with Crippen molar-refractivity contribution in [3.63, 3.8) is 0 Å². The molecule has 0 unspecified atom stereocenters. The highest BCUT2D eigenvalue weighted by atomic mass is 79.9. The van der Waals surface area contributed by atoms with E-state index in [2.05, 4.69) is 15.9 Å². The number of benzene rings is 1. The number of halogens is 1. The lowest BCUT2D eigenvalue weighted by Crippen LogP contribution is -2.02. The number of hydrogen-bond donors (Lipinski definition) is 1. The van der Waals surface area contributed by atoms with Gasteiger partial charge in [0.2, 0.25) is 0 Å². The van der Waals surface area contributed by atoms with Crippen LogP contribution in [0.4, 0.5) is 0 Å². The van der Waals surface area contributed by atoms with Crippen LogP contribution in [0.3, 0.4) is 0 Å². The molecule has 0 spiro atoms. The van der Waals surface area contributed by atoms with Gasteiger partial charge in [-0.3, -0.25) is 0 Å². The van der Waals surface area contributed by atoms with Crippen molar-refractivity contribution in [1.82, 2.24) is 0 Å². The van der Waals surface area contributed by atoms with Crippen LogP contribution < -0.4 is 0 Å². The molecule has 84 valence electrons. The minimum absolute atomic E-state index is 0.0539. The first-order valence-electron chi connectivity index (χ1n) is 4.72. The summed E-state index contributed by atoms with van der Waals surface area (Å²) in [4.78, 5) is 0. The van der Waals surface area contributed by atoms with Gasteiger partial charge in [-0.25, -0.2) is 0 Å². The molecule has 0 aliphatic carbocycles. The summed E-state index contributed by atoms with van der Waals surface area (Å²) in [5.74, 6) is 0. The number of hydrogen-bond acceptors (Lipinski definition) is 3. The van der Waals surface area contributed by atoms with Crippen molar-refractivity contribution in [2.24, 2.45) is 0 Å². The Labute approximate surface area is 98.1 Å². The van der Waals surface area contributed by atoms with Crippen LogP contribution in [-0.2, 0) is 22.7 Å². The minimum Gasteiger partial charge on any atom is -0.392 e. The van der Waals surface area contributed by atoms with Gasteiger partial charge < -0.3 is 14.6 Å². The Morgan fingerprint density at radius 1 is 1.33 bits per heavy atom.